The lowest BCUT2D eigenvalue weighted by Crippen LogP contribution is -1.73. The van der Waals surface area contributed by atoms with Gasteiger partial charge in [-0.15, -0.1) is 11.3 Å². The summed E-state index contributed by atoms with van der Waals surface area (Å²) < 4.78 is 0. The molecule has 3 heteroatoms. The summed E-state index contributed by atoms with van der Waals surface area (Å²) in [6.45, 7) is 2.05. The van der Waals surface area contributed by atoms with Gasteiger partial charge in [0, 0.05) is 21.7 Å². The van der Waals surface area contributed by atoms with Crippen molar-refractivity contribution < 1.29 is 0 Å². The summed E-state index contributed by atoms with van der Waals surface area (Å²) in [5.41, 5.74) is 1.09. The zero-order valence-corrected chi connectivity index (χ0v) is 8.69. The lowest BCUT2D eigenvalue weighted by molar-refractivity contribution is 1.38. The maximum absolute atomic E-state index is 5.88. The molecule has 0 saturated heterocycles. The third-order valence-corrected chi connectivity index (χ3v) is 2.89. The number of benzene rings is 1. The molecule has 0 radical (unpaired) electrons. The monoisotopic (exact) mass is 209 g/mol. The van der Waals surface area contributed by atoms with E-state index in [2.05, 4.69) is 4.98 Å². The number of rotatable bonds is 1. The van der Waals surface area contributed by atoms with Gasteiger partial charge >= 0.3 is 0 Å². The first kappa shape index (κ1) is 8.73. The van der Waals surface area contributed by atoms with Crippen LogP contribution in [0.4, 0.5) is 0 Å². The normalized spacial score (nSPS) is 10.3. The minimum Gasteiger partial charge on any atom is -0.244 e. The quantitative estimate of drug-likeness (QED) is 0.697. The van der Waals surface area contributed by atoms with Crippen LogP contribution < -0.4 is 0 Å². The van der Waals surface area contributed by atoms with Crippen LogP contribution in [0.15, 0.2) is 30.5 Å². The smallest absolute Gasteiger partial charge is 0.123 e. The summed E-state index contributed by atoms with van der Waals surface area (Å²) in [5.74, 6) is 0. The molecular weight excluding hydrogens is 202 g/mol. The number of hydrogen-bond donors (Lipinski definition) is 0. The standard InChI is InChI=1S/C10H8ClNS/c1-7-6-12-10(13-7)8-3-2-4-9(11)5-8/h2-6H,1H3. The number of hydrogen-bond acceptors (Lipinski definition) is 2. The summed E-state index contributed by atoms with van der Waals surface area (Å²) >= 11 is 7.56. The fourth-order valence-electron chi connectivity index (χ4n) is 1.11. The molecule has 0 unspecified atom stereocenters. The second-order valence-corrected chi connectivity index (χ2v) is 4.46. The SMILES string of the molecule is Cc1cnc(-c2cccc(Cl)c2)s1. The van der Waals surface area contributed by atoms with Crippen LogP contribution in [0.3, 0.4) is 0 Å². The van der Waals surface area contributed by atoms with Gasteiger partial charge in [0.25, 0.3) is 0 Å². The first-order valence-corrected chi connectivity index (χ1v) is 5.13. The zero-order valence-electron chi connectivity index (χ0n) is 7.12. The molecule has 2 rings (SSSR count). The molecule has 66 valence electrons. The molecule has 1 nitrogen and oxygen atoms in total. The summed E-state index contributed by atoms with van der Waals surface area (Å²) in [6.07, 6.45) is 1.88. The average molecular weight is 210 g/mol. The number of halogens is 1. The molecule has 1 aromatic heterocycles. The Labute approximate surface area is 86.0 Å². The van der Waals surface area contributed by atoms with Crippen molar-refractivity contribution >= 4 is 22.9 Å². The second-order valence-electron chi connectivity index (χ2n) is 2.79. The molecule has 0 aliphatic heterocycles. The van der Waals surface area contributed by atoms with E-state index in [1.807, 2.05) is 37.4 Å². The van der Waals surface area contributed by atoms with Gasteiger partial charge in [0.1, 0.15) is 5.01 Å². The molecule has 2 aromatic rings. The van der Waals surface area contributed by atoms with E-state index in [1.165, 1.54) is 4.88 Å². The Hall–Kier alpha value is -0.860. The Balaban J connectivity index is 2.46. The van der Waals surface area contributed by atoms with Gasteiger partial charge in [-0.2, -0.15) is 0 Å². The first-order valence-electron chi connectivity index (χ1n) is 3.94. The van der Waals surface area contributed by atoms with E-state index in [0.717, 1.165) is 15.6 Å². The molecule has 0 aliphatic rings. The van der Waals surface area contributed by atoms with Gasteiger partial charge in [0.05, 0.1) is 0 Å². The molecule has 0 amide bonds. The van der Waals surface area contributed by atoms with E-state index in [4.69, 9.17) is 11.6 Å². The van der Waals surface area contributed by atoms with Crippen molar-refractivity contribution in [1.82, 2.24) is 4.98 Å². The Morgan fingerprint density at radius 2 is 2.23 bits per heavy atom. The van der Waals surface area contributed by atoms with Crippen LogP contribution >= 0.6 is 22.9 Å². The number of thiazole rings is 1. The van der Waals surface area contributed by atoms with Crippen LogP contribution in [0, 0.1) is 6.92 Å². The van der Waals surface area contributed by atoms with Crippen LogP contribution in [0.5, 0.6) is 0 Å². The van der Waals surface area contributed by atoms with Crippen molar-refractivity contribution in [2.24, 2.45) is 0 Å². The fraction of sp³-hybridized carbons (Fsp3) is 0.100. The summed E-state index contributed by atoms with van der Waals surface area (Å²) in [6, 6.07) is 7.75. The van der Waals surface area contributed by atoms with E-state index in [1.54, 1.807) is 11.3 Å². The predicted molar refractivity (Wildman–Crippen MR) is 57.3 cm³/mol. The van der Waals surface area contributed by atoms with Crippen molar-refractivity contribution in [2.45, 2.75) is 6.92 Å². The Bertz CT molecular complexity index is 422. The highest BCUT2D eigenvalue weighted by molar-refractivity contribution is 7.14. The predicted octanol–water partition coefficient (Wildman–Crippen LogP) is 3.77. The number of aromatic nitrogens is 1. The molecule has 0 spiro atoms. The number of nitrogens with zero attached hydrogens (tertiary/aromatic N) is 1. The molecule has 1 heterocycles. The third kappa shape index (κ3) is 1.90. The highest BCUT2D eigenvalue weighted by atomic mass is 35.5. The largest absolute Gasteiger partial charge is 0.244 e. The summed E-state index contributed by atoms with van der Waals surface area (Å²) in [7, 11) is 0. The van der Waals surface area contributed by atoms with Crippen molar-refractivity contribution in [1.29, 1.82) is 0 Å². The molecule has 0 atom stereocenters. The van der Waals surface area contributed by atoms with E-state index in [9.17, 15) is 0 Å². The minimum absolute atomic E-state index is 0.755. The second kappa shape index (κ2) is 3.48. The van der Waals surface area contributed by atoms with Crippen molar-refractivity contribution in [3.63, 3.8) is 0 Å². The van der Waals surface area contributed by atoms with E-state index >= 15 is 0 Å². The summed E-state index contributed by atoms with van der Waals surface area (Å²) in [5, 5.41) is 1.78. The van der Waals surface area contributed by atoms with Gasteiger partial charge in [0.2, 0.25) is 0 Å². The van der Waals surface area contributed by atoms with E-state index in [-0.39, 0.29) is 0 Å². The van der Waals surface area contributed by atoms with Crippen LogP contribution in [-0.2, 0) is 0 Å². The molecule has 0 saturated carbocycles. The summed E-state index contributed by atoms with van der Waals surface area (Å²) in [4.78, 5) is 5.50. The lowest BCUT2D eigenvalue weighted by atomic mass is 10.2. The van der Waals surface area contributed by atoms with Gasteiger partial charge in [-0.05, 0) is 19.1 Å². The topological polar surface area (TPSA) is 12.9 Å². The maximum atomic E-state index is 5.88. The molecule has 0 N–H and O–H groups in total. The van der Waals surface area contributed by atoms with E-state index in [0.29, 0.717) is 0 Å². The van der Waals surface area contributed by atoms with E-state index < -0.39 is 0 Å². The third-order valence-electron chi connectivity index (χ3n) is 1.69. The van der Waals surface area contributed by atoms with Crippen LogP contribution in [0.25, 0.3) is 10.6 Å². The molecule has 1 aromatic carbocycles. The Morgan fingerprint density at radius 1 is 1.38 bits per heavy atom. The highest BCUT2D eigenvalue weighted by Gasteiger charge is 2.01. The lowest BCUT2D eigenvalue weighted by Gasteiger charge is -1.95. The molecule has 0 fully saturated rings. The minimum atomic E-state index is 0.755. The van der Waals surface area contributed by atoms with Gasteiger partial charge in [-0.25, -0.2) is 4.98 Å². The molecule has 0 aliphatic carbocycles. The van der Waals surface area contributed by atoms with Gasteiger partial charge in [-0.1, -0.05) is 23.7 Å². The van der Waals surface area contributed by atoms with Crippen molar-refractivity contribution in [2.75, 3.05) is 0 Å². The fourth-order valence-corrected chi connectivity index (χ4v) is 2.06. The van der Waals surface area contributed by atoms with Crippen LogP contribution in [0.2, 0.25) is 5.02 Å². The average Bonchev–Trinajstić information content (AvgIpc) is 2.52. The molecule has 13 heavy (non-hydrogen) atoms. The van der Waals surface area contributed by atoms with Crippen molar-refractivity contribution in [3.05, 3.63) is 40.4 Å². The zero-order chi connectivity index (χ0) is 9.26. The van der Waals surface area contributed by atoms with Crippen molar-refractivity contribution in [3.8, 4) is 10.6 Å². The Kier molecular flexibility index (Phi) is 2.34. The van der Waals surface area contributed by atoms with Gasteiger partial charge in [-0.3, -0.25) is 0 Å². The highest BCUT2D eigenvalue weighted by Crippen LogP contribution is 2.26. The Morgan fingerprint density at radius 3 is 2.85 bits per heavy atom. The number of aryl methyl sites for hydroxylation is 1. The van der Waals surface area contributed by atoms with Crippen LogP contribution in [-0.4, -0.2) is 4.98 Å². The van der Waals surface area contributed by atoms with Gasteiger partial charge < -0.3 is 0 Å². The molecular formula is C10H8ClNS. The van der Waals surface area contributed by atoms with Gasteiger partial charge in [0.15, 0.2) is 0 Å². The molecule has 0 bridgehead atoms. The first-order chi connectivity index (χ1) is 6.25. The maximum Gasteiger partial charge on any atom is 0.123 e. The van der Waals surface area contributed by atoms with Crippen LogP contribution in [0.1, 0.15) is 4.88 Å².